The highest BCUT2D eigenvalue weighted by molar-refractivity contribution is 5.96. The third-order valence-corrected chi connectivity index (χ3v) is 8.31. The van der Waals surface area contributed by atoms with Crippen LogP contribution < -0.4 is 10.1 Å². The first-order chi connectivity index (χ1) is 15.8. The van der Waals surface area contributed by atoms with Crippen molar-refractivity contribution in [2.75, 3.05) is 26.2 Å². The van der Waals surface area contributed by atoms with E-state index < -0.39 is 5.60 Å². The SMILES string of the molecule is CC(C)COc1c(C(=O)N[C@H]2C3CC4CC2C[C@](O)(C4)C3)cnn1CCN1CCC(O)CC1. The topological polar surface area (TPSA) is 99.8 Å². The van der Waals surface area contributed by atoms with Crippen LogP contribution in [0.1, 0.15) is 69.2 Å². The maximum Gasteiger partial charge on any atom is 0.258 e. The Balaban J connectivity index is 1.27. The molecule has 1 aliphatic heterocycles. The van der Waals surface area contributed by atoms with Gasteiger partial charge in [-0.1, -0.05) is 13.8 Å². The van der Waals surface area contributed by atoms with Crippen LogP contribution in [0.25, 0.3) is 0 Å². The molecular formula is C25H40N4O4. The van der Waals surface area contributed by atoms with Crippen LogP contribution in [0, 0.1) is 23.7 Å². The van der Waals surface area contributed by atoms with Gasteiger partial charge in [0.2, 0.25) is 5.88 Å². The largest absolute Gasteiger partial charge is 0.477 e. The fourth-order valence-corrected chi connectivity index (χ4v) is 6.91. The molecule has 184 valence electrons. The number of nitrogens with one attached hydrogen (secondary N) is 1. The number of aliphatic hydroxyl groups excluding tert-OH is 1. The molecule has 3 N–H and O–H groups in total. The lowest BCUT2D eigenvalue weighted by atomic mass is 9.52. The Labute approximate surface area is 196 Å². The number of piperidine rings is 1. The molecule has 1 saturated heterocycles. The second-order valence-corrected chi connectivity index (χ2v) is 11.6. The van der Waals surface area contributed by atoms with Gasteiger partial charge in [-0.3, -0.25) is 4.79 Å². The Kier molecular flexibility index (Phi) is 6.44. The zero-order chi connectivity index (χ0) is 23.2. The van der Waals surface area contributed by atoms with Crippen molar-refractivity contribution in [1.82, 2.24) is 20.0 Å². The first-order valence-corrected chi connectivity index (χ1v) is 12.9. The normalized spacial score (nSPS) is 34.2. The van der Waals surface area contributed by atoms with Crippen LogP contribution in [0.5, 0.6) is 5.88 Å². The van der Waals surface area contributed by atoms with E-state index in [1.807, 2.05) is 4.68 Å². The molecule has 33 heavy (non-hydrogen) atoms. The second-order valence-electron chi connectivity index (χ2n) is 11.6. The summed E-state index contributed by atoms with van der Waals surface area (Å²) >= 11 is 0. The van der Waals surface area contributed by atoms with Crippen molar-refractivity contribution in [1.29, 1.82) is 0 Å². The Hall–Kier alpha value is -1.64. The molecule has 8 heteroatoms. The molecule has 2 atom stereocenters. The van der Waals surface area contributed by atoms with Gasteiger partial charge in [0.05, 0.1) is 31.1 Å². The molecule has 6 rings (SSSR count). The number of aliphatic hydroxyl groups is 2. The van der Waals surface area contributed by atoms with Crippen LogP contribution in [0.4, 0.5) is 0 Å². The van der Waals surface area contributed by atoms with Crippen molar-refractivity contribution in [2.24, 2.45) is 23.7 Å². The highest BCUT2D eigenvalue weighted by atomic mass is 16.5. The highest BCUT2D eigenvalue weighted by Crippen LogP contribution is 2.55. The Morgan fingerprint density at radius 1 is 1.21 bits per heavy atom. The number of carbonyl (C=O) groups is 1. The molecule has 4 aliphatic carbocycles. The van der Waals surface area contributed by atoms with Gasteiger partial charge >= 0.3 is 0 Å². The average Bonchev–Trinajstić information content (AvgIpc) is 3.16. The Bertz CT molecular complexity index is 831. The molecule has 1 amide bonds. The fourth-order valence-electron chi connectivity index (χ4n) is 6.91. The lowest BCUT2D eigenvalue weighted by Gasteiger charge is -2.58. The van der Waals surface area contributed by atoms with E-state index in [9.17, 15) is 15.0 Å². The van der Waals surface area contributed by atoms with E-state index in [4.69, 9.17) is 4.74 Å². The smallest absolute Gasteiger partial charge is 0.258 e. The summed E-state index contributed by atoms with van der Waals surface area (Å²) < 4.78 is 7.93. The maximum absolute atomic E-state index is 13.4. The Morgan fingerprint density at radius 3 is 2.55 bits per heavy atom. The number of rotatable bonds is 8. The minimum absolute atomic E-state index is 0.106. The molecule has 0 radical (unpaired) electrons. The minimum Gasteiger partial charge on any atom is -0.477 e. The zero-order valence-corrected chi connectivity index (χ0v) is 20.1. The number of likely N-dealkylation sites (tertiary alicyclic amines) is 1. The highest BCUT2D eigenvalue weighted by Gasteiger charge is 2.55. The molecule has 0 aromatic carbocycles. The van der Waals surface area contributed by atoms with Crippen molar-refractivity contribution >= 4 is 5.91 Å². The summed E-state index contributed by atoms with van der Waals surface area (Å²) in [5.74, 6) is 2.15. The lowest BCUT2D eigenvalue weighted by molar-refractivity contribution is -0.136. The van der Waals surface area contributed by atoms with Gasteiger partial charge in [-0.2, -0.15) is 5.10 Å². The summed E-state index contributed by atoms with van der Waals surface area (Å²) in [4.78, 5) is 15.7. The number of hydrogen-bond acceptors (Lipinski definition) is 6. The number of hydrogen-bond donors (Lipinski definition) is 3. The molecule has 1 aromatic rings. The van der Waals surface area contributed by atoms with Crippen LogP contribution >= 0.6 is 0 Å². The predicted octanol–water partition coefficient (Wildman–Crippen LogP) is 2.04. The van der Waals surface area contributed by atoms with Gasteiger partial charge < -0.3 is 25.2 Å². The number of nitrogens with zero attached hydrogens (tertiary/aromatic N) is 3. The molecule has 4 saturated carbocycles. The van der Waals surface area contributed by atoms with Gasteiger partial charge in [-0.15, -0.1) is 0 Å². The third-order valence-electron chi connectivity index (χ3n) is 8.31. The van der Waals surface area contributed by atoms with E-state index in [1.165, 1.54) is 0 Å². The minimum atomic E-state index is -0.501. The van der Waals surface area contributed by atoms with E-state index >= 15 is 0 Å². The van der Waals surface area contributed by atoms with Crippen LogP contribution in [0.15, 0.2) is 6.20 Å². The van der Waals surface area contributed by atoms with Crippen molar-refractivity contribution in [3.05, 3.63) is 11.8 Å². The van der Waals surface area contributed by atoms with Crippen molar-refractivity contribution in [2.45, 2.75) is 83.1 Å². The number of aromatic nitrogens is 2. The summed E-state index contributed by atoms with van der Waals surface area (Å²) in [5, 5.41) is 28.5. The zero-order valence-electron chi connectivity index (χ0n) is 20.1. The van der Waals surface area contributed by atoms with Crippen LogP contribution in [0.2, 0.25) is 0 Å². The quantitative estimate of drug-likeness (QED) is 0.549. The molecule has 5 fully saturated rings. The molecule has 8 nitrogen and oxygen atoms in total. The Morgan fingerprint density at radius 2 is 1.91 bits per heavy atom. The second kappa shape index (κ2) is 9.19. The monoisotopic (exact) mass is 460 g/mol. The molecule has 4 bridgehead atoms. The summed E-state index contributed by atoms with van der Waals surface area (Å²) in [6, 6.07) is 0.135. The summed E-state index contributed by atoms with van der Waals surface area (Å²) in [7, 11) is 0. The van der Waals surface area contributed by atoms with Gasteiger partial charge in [0.1, 0.15) is 5.56 Å². The first-order valence-electron chi connectivity index (χ1n) is 12.9. The predicted molar refractivity (Wildman–Crippen MR) is 124 cm³/mol. The molecule has 0 spiro atoms. The molecule has 1 aromatic heterocycles. The molecule has 2 unspecified atom stereocenters. The van der Waals surface area contributed by atoms with E-state index in [-0.39, 0.29) is 18.1 Å². The van der Waals surface area contributed by atoms with Gasteiger partial charge in [0, 0.05) is 25.7 Å². The van der Waals surface area contributed by atoms with Gasteiger partial charge in [0.25, 0.3) is 5.91 Å². The lowest BCUT2D eigenvalue weighted by Crippen LogP contribution is -2.61. The molecule has 2 heterocycles. The van der Waals surface area contributed by atoms with E-state index in [2.05, 4.69) is 29.2 Å². The van der Waals surface area contributed by atoms with Gasteiger partial charge in [-0.05, 0) is 68.6 Å². The molecular weight excluding hydrogens is 420 g/mol. The maximum atomic E-state index is 13.4. The van der Waals surface area contributed by atoms with Crippen LogP contribution in [-0.4, -0.2) is 74.8 Å². The van der Waals surface area contributed by atoms with Gasteiger partial charge in [-0.25, -0.2) is 4.68 Å². The fraction of sp³-hybridized carbons (Fsp3) is 0.840. The standard InChI is InChI=1S/C25H40N4O4/c1-16(2)15-33-24-21(14-26-29(24)8-7-28-5-3-20(30)4-6-28)23(31)27-22-18-9-17-10-19(22)13-25(32,11-17)12-18/h14,16-20,22,30,32H,3-13,15H2,1-2H3,(H,27,31)/t17?,18?,19?,22-,25-. The number of carbonyl (C=O) groups excluding carboxylic acids is 1. The summed E-state index contributed by atoms with van der Waals surface area (Å²) in [5.41, 5.74) is 0.00998. The van der Waals surface area contributed by atoms with Crippen molar-refractivity contribution in [3.8, 4) is 5.88 Å². The molecule has 5 aliphatic rings. The van der Waals surface area contributed by atoms with E-state index in [0.717, 1.165) is 64.6 Å². The third kappa shape index (κ3) is 4.93. The summed E-state index contributed by atoms with van der Waals surface area (Å²) in [6.07, 6.45) is 7.88. The van der Waals surface area contributed by atoms with Crippen molar-refractivity contribution < 1.29 is 19.7 Å². The van der Waals surface area contributed by atoms with E-state index in [1.54, 1.807) is 6.20 Å². The van der Waals surface area contributed by atoms with E-state index in [0.29, 0.717) is 48.3 Å². The first kappa shape index (κ1) is 23.1. The average molecular weight is 461 g/mol. The van der Waals surface area contributed by atoms with Crippen molar-refractivity contribution in [3.63, 3.8) is 0 Å². The van der Waals surface area contributed by atoms with Crippen LogP contribution in [-0.2, 0) is 6.54 Å². The number of amides is 1. The van der Waals surface area contributed by atoms with Crippen LogP contribution in [0.3, 0.4) is 0 Å². The number of ether oxygens (including phenoxy) is 1. The summed E-state index contributed by atoms with van der Waals surface area (Å²) in [6.45, 7) is 7.97. The van der Waals surface area contributed by atoms with Gasteiger partial charge in [0.15, 0.2) is 0 Å².